The van der Waals surface area contributed by atoms with Crippen molar-refractivity contribution in [3.63, 3.8) is 0 Å². The van der Waals surface area contributed by atoms with Gasteiger partial charge in [0.1, 0.15) is 11.5 Å². The summed E-state index contributed by atoms with van der Waals surface area (Å²) in [6.07, 6.45) is 0.843. The van der Waals surface area contributed by atoms with Gasteiger partial charge in [-0.05, 0) is 6.07 Å². The first-order chi connectivity index (χ1) is 7.88. The summed E-state index contributed by atoms with van der Waals surface area (Å²) in [5.74, 6) is 1.52. The third-order valence-corrected chi connectivity index (χ3v) is 2.55. The summed E-state index contributed by atoms with van der Waals surface area (Å²) < 4.78 is 0. The van der Waals surface area contributed by atoms with Crippen LogP contribution >= 0.6 is 0 Å². The van der Waals surface area contributed by atoms with Crippen LogP contribution in [0.5, 0.6) is 0 Å². The van der Waals surface area contributed by atoms with Crippen molar-refractivity contribution in [2.75, 3.05) is 0 Å². The molecule has 0 fully saturated rings. The molecule has 0 bridgehead atoms. The van der Waals surface area contributed by atoms with Crippen LogP contribution in [0.25, 0.3) is 22.4 Å². The van der Waals surface area contributed by atoms with E-state index in [2.05, 4.69) is 25.4 Å². The van der Waals surface area contributed by atoms with Crippen LogP contribution in [0.3, 0.4) is 0 Å². The number of aryl methyl sites for hydroxylation is 1. The SMILES string of the molecule is CCc1nc(-c2n[nH]c3ccccc23)n[nH]1. The molecule has 0 saturated carbocycles. The van der Waals surface area contributed by atoms with Crippen LogP contribution in [0.1, 0.15) is 12.7 Å². The number of hydrogen-bond acceptors (Lipinski definition) is 3. The minimum absolute atomic E-state index is 0.648. The minimum Gasteiger partial charge on any atom is -0.277 e. The molecular weight excluding hydrogens is 202 g/mol. The molecule has 0 saturated heterocycles. The third-order valence-electron chi connectivity index (χ3n) is 2.55. The number of fused-ring (bicyclic) bond motifs is 1. The molecule has 0 amide bonds. The molecule has 5 heteroatoms. The van der Waals surface area contributed by atoms with E-state index >= 15 is 0 Å². The maximum absolute atomic E-state index is 4.37. The Balaban J connectivity index is 2.18. The third kappa shape index (κ3) is 1.29. The number of H-pyrrole nitrogens is 2. The topological polar surface area (TPSA) is 70.2 Å². The standard InChI is InChI=1S/C11H11N5/c1-2-9-12-11(16-14-9)10-7-5-3-4-6-8(7)13-15-10/h3-6H,2H2,1H3,(H,13,15)(H,12,14,16). The summed E-state index contributed by atoms with van der Waals surface area (Å²) in [7, 11) is 0. The smallest absolute Gasteiger partial charge is 0.202 e. The van der Waals surface area contributed by atoms with E-state index in [0.29, 0.717) is 5.82 Å². The van der Waals surface area contributed by atoms with Gasteiger partial charge in [-0.25, -0.2) is 4.98 Å². The molecule has 2 aromatic heterocycles. The number of para-hydroxylation sites is 1. The van der Waals surface area contributed by atoms with Gasteiger partial charge in [-0.15, -0.1) is 0 Å². The van der Waals surface area contributed by atoms with Gasteiger partial charge in [-0.2, -0.15) is 10.2 Å². The lowest BCUT2D eigenvalue weighted by Crippen LogP contribution is -1.83. The van der Waals surface area contributed by atoms with Gasteiger partial charge in [-0.1, -0.05) is 25.1 Å². The molecule has 0 aliphatic rings. The average Bonchev–Trinajstić information content (AvgIpc) is 2.94. The van der Waals surface area contributed by atoms with Gasteiger partial charge in [0.25, 0.3) is 0 Å². The van der Waals surface area contributed by atoms with Crippen LogP contribution < -0.4 is 0 Å². The summed E-state index contributed by atoms with van der Waals surface area (Å²) in [6, 6.07) is 7.95. The van der Waals surface area contributed by atoms with Gasteiger partial charge in [0.2, 0.25) is 5.82 Å². The molecule has 0 aliphatic heterocycles. The van der Waals surface area contributed by atoms with E-state index in [-0.39, 0.29) is 0 Å². The lowest BCUT2D eigenvalue weighted by atomic mass is 10.2. The Kier molecular flexibility index (Phi) is 1.96. The fourth-order valence-corrected chi connectivity index (χ4v) is 1.69. The van der Waals surface area contributed by atoms with E-state index in [9.17, 15) is 0 Å². The van der Waals surface area contributed by atoms with Crippen molar-refractivity contribution in [3.05, 3.63) is 30.1 Å². The van der Waals surface area contributed by atoms with Crippen LogP contribution in [0.2, 0.25) is 0 Å². The number of nitrogens with zero attached hydrogens (tertiary/aromatic N) is 3. The summed E-state index contributed by atoms with van der Waals surface area (Å²) in [5.41, 5.74) is 1.80. The largest absolute Gasteiger partial charge is 0.277 e. The van der Waals surface area contributed by atoms with Crippen molar-refractivity contribution in [3.8, 4) is 11.5 Å². The molecule has 16 heavy (non-hydrogen) atoms. The molecule has 0 spiro atoms. The summed E-state index contributed by atoms with van der Waals surface area (Å²) in [5, 5.41) is 15.3. The van der Waals surface area contributed by atoms with Crippen LogP contribution in [0.4, 0.5) is 0 Å². The lowest BCUT2D eigenvalue weighted by Gasteiger charge is -1.89. The van der Waals surface area contributed by atoms with Gasteiger partial charge in [-0.3, -0.25) is 10.2 Å². The number of aromatic nitrogens is 5. The maximum Gasteiger partial charge on any atom is 0.202 e. The molecular formula is C11H11N5. The molecule has 2 N–H and O–H groups in total. The van der Waals surface area contributed by atoms with Crippen molar-refractivity contribution in [1.29, 1.82) is 0 Å². The lowest BCUT2D eigenvalue weighted by molar-refractivity contribution is 0.946. The Hall–Kier alpha value is -2.17. The maximum atomic E-state index is 4.37. The zero-order chi connectivity index (χ0) is 11.0. The molecule has 3 aromatic rings. The first-order valence-corrected chi connectivity index (χ1v) is 5.23. The summed E-state index contributed by atoms with van der Waals surface area (Å²) >= 11 is 0. The summed E-state index contributed by atoms with van der Waals surface area (Å²) in [4.78, 5) is 4.37. The number of rotatable bonds is 2. The van der Waals surface area contributed by atoms with Crippen LogP contribution in [0.15, 0.2) is 24.3 Å². The van der Waals surface area contributed by atoms with E-state index in [4.69, 9.17) is 0 Å². The van der Waals surface area contributed by atoms with Crippen molar-refractivity contribution in [2.45, 2.75) is 13.3 Å². The van der Waals surface area contributed by atoms with Gasteiger partial charge in [0.05, 0.1) is 5.52 Å². The van der Waals surface area contributed by atoms with Crippen LogP contribution in [-0.4, -0.2) is 25.4 Å². The zero-order valence-corrected chi connectivity index (χ0v) is 8.86. The first-order valence-electron chi connectivity index (χ1n) is 5.23. The Morgan fingerprint density at radius 3 is 2.81 bits per heavy atom. The predicted molar refractivity (Wildman–Crippen MR) is 60.8 cm³/mol. The second kappa shape index (κ2) is 3.44. The van der Waals surface area contributed by atoms with Gasteiger partial charge < -0.3 is 0 Å². The molecule has 80 valence electrons. The number of hydrogen-bond donors (Lipinski definition) is 2. The molecule has 0 aliphatic carbocycles. The van der Waals surface area contributed by atoms with Gasteiger partial charge in [0, 0.05) is 11.8 Å². The Labute approximate surface area is 91.9 Å². The molecule has 1 aromatic carbocycles. The number of benzene rings is 1. The second-order valence-electron chi connectivity index (χ2n) is 3.58. The summed E-state index contributed by atoms with van der Waals surface area (Å²) in [6.45, 7) is 2.03. The molecule has 0 radical (unpaired) electrons. The molecule has 2 heterocycles. The van der Waals surface area contributed by atoms with E-state index in [1.54, 1.807) is 0 Å². The molecule has 3 rings (SSSR count). The van der Waals surface area contributed by atoms with E-state index in [1.807, 2.05) is 31.2 Å². The Morgan fingerprint density at radius 2 is 2.00 bits per heavy atom. The highest BCUT2D eigenvalue weighted by Gasteiger charge is 2.11. The fraction of sp³-hybridized carbons (Fsp3) is 0.182. The second-order valence-corrected chi connectivity index (χ2v) is 3.58. The van der Waals surface area contributed by atoms with Crippen molar-refractivity contribution in [1.82, 2.24) is 25.4 Å². The molecule has 0 unspecified atom stereocenters. The van der Waals surface area contributed by atoms with Crippen molar-refractivity contribution in [2.24, 2.45) is 0 Å². The quantitative estimate of drug-likeness (QED) is 0.683. The monoisotopic (exact) mass is 213 g/mol. The van der Waals surface area contributed by atoms with Gasteiger partial charge >= 0.3 is 0 Å². The van der Waals surface area contributed by atoms with Crippen LogP contribution in [-0.2, 0) is 6.42 Å². The molecule has 5 nitrogen and oxygen atoms in total. The van der Waals surface area contributed by atoms with Gasteiger partial charge in [0.15, 0.2) is 0 Å². The minimum atomic E-state index is 0.648. The highest BCUT2D eigenvalue weighted by Crippen LogP contribution is 2.22. The average molecular weight is 213 g/mol. The predicted octanol–water partition coefficient (Wildman–Crippen LogP) is 1.91. The normalized spacial score (nSPS) is 11.1. The van der Waals surface area contributed by atoms with Crippen molar-refractivity contribution >= 4 is 10.9 Å². The fourth-order valence-electron chi connectivity index (χ4n) is 1.69. The van der Waals surface area contributed by atoms with E-state index < -0.39 is 0 Å². The Morgan fingerprint density at radius 1 is 1.12 bits per heavy atom. The Bertz CT molecular complexity index is 622. The van der Waals surface area contributed by atoms with Crippen LogP contribution in [0, 0.1) is 0 Å². The number of aromatic amines is 2. The van der Waals surface area contributed by atoms with E-state index in [0.717, 1.165) is 28.8 Å². The molecule has 0 atom stereocenters. The highest BCUT2D eigenvalue weighted by atomic mass is 15.2. The number of nitrogens with one attached hydrogen (secondary N) is 2. The van der Waals surface area contributed by atoms with E-state index in [1.165, 1.54) is 0 Å². The first kappa shape index (κ1) is 9.08. The zero-order valence-electron chi connectivity index (χ0n) is 8.86. The highest BCUT2D eigenvalue weighted by molar-refractivity contribution is 5.90. The van der Waals surface area contributed by atoms with Crippen molar-refractivity contribution < 1.29 is 0 Å².